The van der Waals surface area contributed by atoms with Crippen LogP contribution in [0.3, 0.4) is 0 Å². The quantitative estimate of drug-likeness (QED) is 0.0241. The van der Waals surface area contributed by atoms with E-state index < -0.39 is 26.5 Å². The molecule has 0 aliphatic rings. The van der Waals surface area contributed by atoms with E-state index in [9.17, 15) is 19.0 Å². The number of phosphoric ester groups is 1. The first-order chi connectivity index (χ1) is 22.0. The molecule has 1 unspecified atom stereocenters. The third-order valence-corrected chi connectivity index (χ3v) is 8.78. The molecule has 0 fully saturated rings. The van der Waals surface area contributed by atoms with Crippen LogP contribution in [-0.4, -0.2) is 74.9 Å². The summed E-state index contributed by atoms with van der Waals surface area (Å²) >= 11 is 0. The first-order valence-corrected chi connectivity index (χ1v) is 19.9. The van der Waals surface area contributed by atoms with Gasteiger partial charge in [0.05, 0.1) is 27.7 Å². The van der Waals surface area contributed by atoms with E-state index in [1.54, 1.807) is 0 Å². The molecule has 1 N–H and O–H groups in total. The van der Waals surface area contributed by atoms with Crippen molar-refractivity contribution in [1.29, 1.82) is 0 Å². The molecule has 0 radical (unpaired) electrons. The summed E-state index contributed by atoms with van der Waals surface area (Å²) in [6.07, 6.45) is 27.1. The van der Waals surface area contributed by atoms with Gasteiger partial charge in [0.15, 0.2) is 6.10 Å². The van der Waals surface area contributed by atoms with E-state index in [0.717, 1.165) is 51.4 Å². The van der Waals surface area contributed by atoms with Crippen LogP contribution in [0, 0.1) is 0 Å². The van der Waals surface area contributed by atoms with Gasteiger partial charge in [0.25, 0.3) is 0 Å². The van der Waals surface area contributed by atoms with Crippen molar-refractivity contribution in [3.63, 3.8) is 0 Å². The Labute approximate surface area is 282 Å². The van der Waals surface area contributed by atoms with Crippen LogP contribution in [0.2, 0.25) is 0 Å². The van der Waals surface area contributed by atoms with Crippen molar-refractivity contribution in [2.24, 2.45) is 0 Å². The number of ether oxygens (including phenoxy) is 2. The molecule has 0 aromatic rings. The molecule has 0 aliphatic carbocycles. The minimum atomic E-state index is -4.36. The average molecular weight is 677 g/mol. The van der Waals surface area contributed by atoms with Crippen molar-refractivity contribution < 1.29 is 42.1 Å². The number of carbonyl (C=O) groups is 2. The Morgan fingerprint density at radius 3 is 1.63 bits per heavy atom. The summed E-state index contributed by atoms with van der Waals surface area (Å²) in [5.41, 5.74) is 0. The number of esters is 2. The summed E-state index contributed by atoms with van der Waals surface area (Å²) in [5.74, 6) is -0.822. The highest BCUT2D eigenvalue weighted by Gasteiger charge is 2.27. The highest BCUT2D eigenvalue weighted by Crippen LogP contribution is 2.43. The van der Waals surface area contributed by atoms with Crippen LogP contribution < -0.4 is 0 Å². The molecule has 0 spiro atoms. The second-order valence-electron chi connectivity index (χ2n) is 13.6. The minimum absolute atomic E-state index is 0.0318. The molecule has 2 atom stereocenters. The predicted octanol–water partition coefficient (Wildman–Crippen LogP) is 9.46. The van der Waals surface area contributed by atoms with Crippen LogP contribution in [0.1, 0.15) is 155 Å². The molecular formula is C36H71NO8P+. The van der Waals surface area contributed by atoms with E-state index in [2.05, 4.69) is 26.0 Å². The normalized spacial score (nSPS) is 14.0. The Bertz CT molecular complexity index is 814. The maximum absolute atomic E-state index is 12.5. The number of carbonyl (C=O) groups excluding carboxylic acids is 2. The number of unbranched alkanes of at least 4 members (excludes halogenated alkanes) is 17. The van der Waals surface area contributed by atoms with Crippen molar-refractivity contribution >= 4 is 19.8 Å². The second kappa shape index (κ2) is 29.9. The van der Waals surface area contributed by atoms with Gasteiger partial charge in [0.2, 0.25) is 0 Å². The molecule has 0 rings (SSSR count). The van der Waals surface area contributed by atoms with Crippen LogP contribution in [0.4, 0.5) is 0 Å². The van der Waals surface area contributed by atoms with Crippen LogP contribution in [0.25, 0.3) is 0 Å². The fraction of sp³-hybridized carbons (Fsp3) is 0.889. The summed E-state index contributed by atoms with van der Waals surface area (Å²) in [6, 6.07) is 0. The monoisotopic (exact) mass is 676 g/mol. The predicted molar refractivity (Wildman–Crippen MR) is 188 cm³/mol. The molecule has 0 bridgehead atoms. The number of rotatable bonds is 33. The first-order valence-electron chi connectivity index (χ1n) is 18.4. The van der Waals surface area contributed by atoms with Gasteiger partial charge in [-0.15, -0.1) is 0 Å². The number of nitrogens with zero attached hydrogens (tertiary/aromatic N) is 1. The van der Waals surface area contributed by atoms with Crippen molar-refractivity contribution in [2.45, 2.75) is 161 Å². The zero-order valence-corrected chi connectivity index (χ0v) is 31.2. The summed E-state index contributed by atoms with van der Waals surface area (Å²) in [7, 11) is 1.47. The summed E-state index contributed by atoms with van der Waals surface area (Å²) in [6.45, 7) is 4.34. The van der Waals surface area contributed by atoms with Gasteiger partial charge in [0, 0.05) is 12.8 Å². The Morgan fingerprint density at radius 1 is 0.652 bits per heavy atom. The third kappa shape index (κ3) is 32.7. The van der Waals surface area contributed by atoms with Gasteiger partial charge >= 0.3 is 19.8 Å². The standard InChI is InChI=1S/C36H70NO8P/c1-6-8-10-12-14-15-16-17-18-19-20-21-23-24-26-28-35(38)42-32-34(33-44-46(40,41)43-31-30-37(3,4)5)45-36(39)29-27-25-22-13-11-9-7-2/h19-20,34H,6-18,21-33H2,1-5H3/p+1/b20-19+/t34-/m0/s1. The van der Waals surface area contributed by atoms with Crippen LogP contribution in [0.5, 0.6) is 0 Å². The van der Waals surface area contributed by atoms with Gasteiger partial charge in [-0.2, -0.15) is 0 Å². The van der Waals surface area contributed by atoms with Crippen LogP contribution in [0.15, 0.2) is 12.2 Å². The van der Waals surface area contributed by atoms with Gasteiger partial charge in [-0.25, -0.2) is 4.57 Å². The van der Waals surface area contributed by atoms with Crippen molar-refractivity contribution in [3.8, 4) is 0 Å². The minimum Gasteiger partial charge on any atom is -0.462 e. The van der Waals surface area contributed by atoms with E-state index >= 15 is 0 Å². The van der Waals surface area contributed by atoms with Gasteiger partial charge in [0.1, 0.15) is 19.8 Å². The summed E-state index contributed by atoms with van der Waals surface area (Å²) < 4.78 is 34.0. The highest BCUT2D eigenvalue weighted by molar-refractivity contribution is 7.47. The zero-order valence-electron chi connectivity index (χ0n) is 30.3. The van der Waals surface area contributed by atoms with Crippen LogP contribution in [-0.2, 0) is 32.7 Å². The lowest BCUT2D eigenvalue weighted by atomic mass is 10.1. The summed E-state index contributed by atoms with van der Waals surface area (Å²) in [5, 5.41) is 0. The van der Waals surface area contributed by atoms with E-state index in [1.165, 1.54) is 70.6 Å². The Hall–Kier alpha value is -1.25. The van der Waals surface area contributed by atoms with E-state index in [4.69, 9.17) is 18.5 Å². The molecule has 9 nitrogen and oxygen atoms in total. The number of allylic oxidation sites excluding steroid dienone is 2. The van der Waals surface area contributed by atoms with Gasteiger partial charge in [-0.1, -0.05) is 116 Å². The van der Waals surface area contributed by atoms with E-state index in [0.29, 0.717) is 17.4 Å². The Morgan fingerprint density at radius 2 is 1.11 bits per heavy atom. The van der Waals surface area contributed by atoms with E-state index in [-0.39, 0.29) is 32.0 Å². The molecule has 0 aromatic carbocycles. The molecule has 0 amide bonds. The Balaban J connectivity index is 4.38. The molecule has 0 aromatic heterocycles. The highest BCUT2D eigenvalue weighted by atomic mass is 31.2. The number of likely N-dealkylation sites (N-methyl/N-ethyl adjacent to an activating group) is 1. The van der Waals surface area contributed by atoms with Crippen molar-refractivity contribution in [2.75, 3.05) is 47.5 Å². The lowest BCUT2D eigenvalue weighted by Gasteiger charge is -2.24. The van der Waals surface area contributed by atoms with Crippen LogP contribution >= 0.6 is 7.82 Å². The largest absolute Gasteiger partial charge is 0.472 e. The SMILES string of the molecule is CCCCCCCCCC/C=C/CCCCCC(=O)OC[C@@H](COP(=O)(O)OCC[N+](C)(C)C)OC(=O)CCCCCCCCC. The van der Waals surface area contributed by atoms with Crippen molar-refractivity contribution in [1.82, 2.24) is 0 Å². The molecular weight excluding hydrogens is 605 g/mol. The van der Waals surface area contributed by atoms with Crippen molar-refractivity contribution in [3.05, 3.63) is 12.2 Å². The van der Waals surface area contributed by atoms with Gasteiger partial charge in [-0.05, 0) is 38.5 Å². The van der Waals surface area contributed by atoms with E-state index in [1.807, 2.05) is 21.1 Å². The molecule has 0 heterocycles. The zero-order chi connectivity index (χ0) is 34.4. The molecule has 0 saturated heterocycles. The maximum Gasteiger partial charge on any atom is 0.472 e. The maximum atomic E-state index is 12.5. The summed E-state index contributed by atoms with van der Waals surface area (Å²) in [4.78, 5) is 34.9. The Kier molecular flexibility index (Phi) is 29.0. The third-order valence-electron chi connectivity index (χ3n) is 7.80. The lowest BCUT2D eigenvalue weighted by molar-refractivity contribution is -0.870. The second-order valence-corrected chi connectivity index (χ2v) is 15.1. The smallest absolute Gasteiger partial charge is 0.462 e. The molecule has 0 saturated carbocycles. The average Bonchev–Trinajstić information content (AvgIpc) is 2.99. The molecule has 272 valence electrons. The topological polar surface area (TPSA) is 108 Å². The number of quaternary nitrogens is 1. The number of hydrogen-bond donors (Lipinski definition) is 1. The molecule has 46 heavy (non-hydrogen) atoms. The van der Waals surface area contributed by atoms with Gasteiger partial charge in [-0.3, -0.25) is 18.6 Å². The first kappa shape index (κ1) is 44.8. The molecule has 0 aliphatic heterocycles. The number of phosphoric acid groups is 1. The fourth-order valence-corrected chi connectivity index (χ4v) is 5.57. The fourth-order valence-electron chi connectivity index (χ4n) is 4.83. The van der Waals surface area contributed by atoms with Gasteiger partial charge < -0.3 is 18.9 Å². The lowest BCUT2D eigenvalue weighted by Crippen LogP contribution is -2.37. The number of hydrogen-bond acceptors (Lipinski definition) is 7. The molecule has 10 heteroatoms.